The molecule has 0 N–H and O–H groups in total. The molecule has 0 saturated heterocycles. The summed E-state index contributed by atoms with van der Waals surface area (Å²) in [4.78, 5) is 0. The van der Waals surface area contributed by atoms with Crippen LogP contribution in [0.3, 0.4) is 0 Å². The van der Waals surface area contributed by atoms with E-state index in [9.17, 15) is 0 Å². The minimum Gasteiger partial charge on any atom is -0.366 e. The first-order valence-electron chi connectivity index (χ1n) is 21.2. The molecule has 1 aliphatic carbocycles. The number of rotatable bonds is 6. The van der Waals surface area contributed by atoms with Crippen LogP contribution in [0.15, 0.2) is 231 Å². The Labute approximate surface area is 417 Å². The Kier molecular flexibility index (Phi) is 16.3. The monoisotopic (exact) mass is 1240 g/mol. The molecular formula is C60H45Au2NP2+2. The van der Waals surface area contributed by atoms with Gasteiger partial charge in [0, 0.05) is 18.0 Å². The average molecular weight is 1240 g/mol. The van der Waals surface area contributed by atoms with E-state index < -0.39 is 15.8 Å². The van der Waals surface area contributed by atoms with Crippen molar-refractivity contribution >= 4 is 69.5 Å². The van der Waals surface area contributed by atoms with Crippen molar-refractivity contribution in [3.63, 3.8) is 0 Å². The fourth-order valence-electron chi connectivity index (χ4n) is 8.91. The first kappa shape index (κ1) is 47.2. The predicted octanol–water partition coefficient (Wildman–Crippen LogP) is 11.1. The number of aromatic nitrogens is 1. The van der Waals surface area contributed by atoms with Gasteiger partial charge < -0.3 is 17.4 Å². The number of fused-ring (bicyclic) bond motifs is 6. The van der Waals surface area contributed by atoms with Crippen LogP contribution in [0, 0.1) is 24.7 Å². The summed E-state index contributed by atoms with van der Waals surface area (Å²) in [6.07, 6.45) is 15.5. The zero-order valence-corrected chi connectivity index (χ0v) is 42.0. The van der Waals surface area contributed by atoms with E-state index in [1.54, 1.807) is 0 Å². The molecule has 0 atom stereocenters. The quantitative estimate of drug-likeness (QED) is 0.0677. The summed E-state index contributed by atoms with van der Waals surface area (Å²) in [6.45, 7) is 0. The maximum absolute atomic E-state index is 7.33. The summed E-state index contributed by atoms with van der Waals surface area (Å²) in [7, 11) is -0.247. The molecule has 5 heteroatoms. The van der Waals surface area contributed by atoms with Gasteiger partial charge in [-0.15, -0.1) is 28.8 Å². The molecule has 0 spiro atoms. The fraction of sp³-hybridized carbons (Fsp3) is 0.0333. The normalized spacial score (nSPS) is 10.8. The molecule has 1 aromatic heterocycles. The summed E-state index contributed by atoms with van der Waals surface area (Å²) in [5.74, 6) is 5.01. The van der Waals surface area contributed by atoms with Gasteiger partial charge in [0.2, 0.25) is 0 Å². The molecule has 10 aromatic rings. The third-order valence-electron chi connectivity index (χ3n) is 11.8. The van der Waals surface area contributed by atoms with Crippen molar-refractivity contribution in [3.8, 4) is 23.0 Å². The molecule has 320 valence electrons. The van der Waals surface area contributed by atoms with Gasteiger partial charge in [-0.05, 0) is 101 Å². The van der Waals surface area contributed by atoms with Gasteiger partial charge in [-0.2, -0.15) is 0 Å². The summed E-state index contributed by atoms with van der Waals surface area (Å²) in [5.41, 5.74) is 9.22. The summed E-state index contributed by atoms with van der Waals surface area (Å²) in [6, 6.07) is 82.2. The number of hydrogen-bond donors (Lipinski definition) is 0. The van der Waals surface area contributed by atoms with Crippen molar-refractivity contribution < 1.29 is 44.8 Å². The molecule has 1 heterocycles. The first-order valence-corrected chi connectivity index (χ1v) is 24.2. The van der Waals surface area contributed by atoms with Gasteiger partial charge in [-0.3, -0.25) is 11.8 Å². The Hall–Kier alpha value is -5.76. The second kappa shape index (κ2) is 22.4. The SMILES string of the molecule is [Au+].[Au+].[C-]#Cc1cccc2c1Cc1ccccc1-2.[C-]#Cc1cccc2c3ccccc3n(C)c12.c1ccc([PH+](c2ccccc2)c2ccccc2[PH+](c2ccccc2)c2ccccc2)cc1. The van der Waals surface area contributed by atoms with Crippen LogP contribution in [0.25, 0.3) is 32.9 Å². The minimum atomic E-state index is -1.14. The Morgan fingerprint density at radius 3 is 1.32 bits per heavy atom. The molecule has 0 bridgehead atoms. The van der Waals surface area contributed by atoms with Crippen LogP contribution in [0.1, 0.15) is 22.3 Å². The number of para-hydroxylation sites is 2. The molecule has 0 radical (unpaired) electrons. The van der Waals surface area contributed by atoms with E-state index in [4.69, 9.17) is 12.8 Å². The summed E-state index contributed by atoms with van der Waals surface area (Å²) in [5, 5.41) is 11.1. The minimum absolute atomic E-state index is 0. The largest absolute Gasteiger partial charge is 1.00 e. The van der Waals surface area contributed by atoms with Gasteiger partial charge in [0.05, 0.1) is 0 Å². The number of nitrogens with zero attached hydrogens (tertiary/aromatic N) is 1. The topological polar surface area (TPSA) is 4.93 Å². The van der Waals surface area contributed by atoms with Crippen molar-refractivity contribution in [2.75, 3.05) is 0 Å². The van der Waals surface area contributed by atoms with Crippen LogP contribution in [-0.4, -0.2) is 4.57 Å². The van der Waals surface area contributed by atoms with Crippen LogP contribution < -0.4 is 31.8 Å². The maximum atomic E-state index is 7.33. The van der Waals surface area contributed by atoms with Crippen LogP contribution in [-0.2, 0) is 58.2 Å². The fourth-order valence-corrected chi connectivity index (χ4v) is 14.9. The smallest absolute Gasteiger partial charge is 0.366 e. The molecule has 9 aromatic carbocycles. The molecule has 1 aliphatic rings. The third-order valence-corrected chi connectivity index (χ3v) is 17.6. The van der Waals surface area contributed by atoms with E-state index in [1.807, 2.05) is 43.4 Å². The van der Waals surface area contributed by atoms with Crippen LogP contribution in [0.4, 0.5) is 0 Å². The van der Waals surface area contributed by atoms with Gasteiger partial charge >= 0.3 is 44.8 Å². The Bertz CT molecular complexity index is 3060. The molecular weight excluding hydrogens is 1190 g/mol. The van der Waals surface area contributed by atoms with Gasteiger partial charge in [0.1, 0.15) is 47.7 Å². The van der Waals surface area contributed by atoms with Gasteiger partial charge in [0.25, 0.3) is 0 Å². The molecule has 11 rings (SSSR count). The van der Waals surface area contributed by atoms with E-state index in [-0.39, 0.29) is 44.8 Å². The van der Waals surface area contributed by atoms with E-state index in [0.29, 0.717) is 0 Å². The van der Waals surface area contributed by atoms with E-state index in [0.717, 1.165) is 23.1 Å². The van der Waals surface area contributed by atoms with Gasteiger partial charge in [-0.25, -0.2) is 0 Å². The molecule has 0 aliphatic heterocycles. The molecule has 65 heavy (non-hydrogen) atoms. The first-order chi connectivity index (χ1) is 31.1. The van der Waals surface area contributed by atoms with Crippen LogP contribution in [0.5, 0.6) is 0 Å². The molecule has 1 nitrogen and oxygen atoms in total. The van der Waals surface area contributed by atoms with E-state index >= 15 is 0 Å². The average Bonchev–Trinajstić information content (AvgIpc) is 3.89. The number of benzene rings is 9. The Balaban J connectivity index is 0.000000160. The summed E-state index contributed by atoms with van der Waals surface area (Å²) >= 11 is 0. The molecule has 0 amide bonds. The molecule has 0 saturated carbocycles. The van der Waals surface area contributed by atoms with Crippen molar-refractivity contribution in [1.29, 1.82) is 0 Å². The van der Waals surface area contributed by atoms with Crippen molar-refractivity contribution in [2.24, 2.45) is 7.05 Å². The zero-order valence-electron chi connectivity index (χ0n) is 35.7. The third kappa shape index (κ3) is 10.1. The summed E-state index contributed by atoms with van der Waals surface area (Å²) < 4.78 is 2.13. The van der Waals surface area contributed by atoms with Crippen LogP contribution in [0.2, 0.25) is 0 Å². The zero-order chi connectivity index (χ0) is 43.0. The van der Waals surface area contributed by atoms with Gasteiger partial charge in [0.15, 0.2) is 0 Å². The standard InChI is InChI=1S/C30H24P2.C15H10N.C15H9.2Au/c1-5-15-25(16-6-1)31(26-17-7-2-8-18-26)29-23-13-14-24-30(29)32(27-19-9-3-10-20-27)28-21-11-4-12-22-28;1-3-11-7-6-9-13-12-8-4-5-10-14(12)16(2)15(11)13;1-2-11-7-5-9-14-13-8-4-3-6-12(13)10-15(11)14;;/h1-24H;4-10H,2H3;3-9H,10H2;;/q;2*-1;2*+1/p+2. The Morgan fingerprint density at radius 1 is 0.400 bits per heavy atom. The van der Waals surface area contributed by atoms with Gasteiger partial charge in [-0.1, -0.05) is 152 Å². The van der Waals surface area contributed by atoms with Crippen LogP contribution >= 0.6 is 15.8 Å². The van der Waals surface area contributed by atoms with E-state index in [1.165, 1.54) is 70.4 Å². The number of aryl methyl sites for hydroxylation is 1. The second-order valence-electron chi connectivity index (χ2n) is 15.5. The number of hydrogen-bond acceptors (Lipinski definition) is 0. The molecule has 0 fully saturated rings. The van der Waals surface area contributed by atoms with E-state index in [2.05, 4.69) is 211 Å². The van der Waals surface area contributed by atoms with Crippen molar-refractivity contribution in [1.82, 2.24) is 4.57 Å². The maximum Gasteiger partial charge on any atom is 1.00 e. The second-order valence-corrected chi connectivity index (χ2v) is 20.3. The predicted molar refractivity (Wildman–Crippen MR) is 274 cm³/mol. The molecule has 0 unspecified atom stereocenters. The van der Waals surface area contributed by atoms with Crippen molar-refractivity contribution in [3.05, 3.63) is 266 Å². The Morgan fingerprint density at radius 2 is 0.800 bits per heavy atom. The van der Waals surface area contributed by atoms with Crippen molar-refractivity contribution in [2.45, 2.75) is 6.42 Å².